The van der Waals surface area contributed by atoms with Crippen LogP contribution in [0.2, 0.25) is 15.1 Å². The summed E-state index contributed by atoms with van der Waals surface area (Å²) in [5.74, 6) is -0.499. The number of amides is 2. The summed E-state index contributed by atoms with van der Waals surface area (Å²) >= 11 is 17.5. The Kier molecular flexibility index (Phi) is 7.46. The minimum Gasteiger partial charge on any atom is -0.426 e. The maximum absolute atomic E-state index is 14.2. The molecule has 5 nitrogen and oxygen atoms in total. The minimum absolute atomic E-state index is 0.0390. The van der Waals surface area contributed by atoms with E-state index < -0.39 is 59.9 Å². The van der Waals surface area contributed by atoms with Crippen molar-refractivity contribution >= 4 is 52.5 Å². The molecule has 2 aromatic rings. The summed E-state index contributed by atoms with van der Waals surface area (Å²) in [6.45, 7) is -0.177. The molecule has 14 heteroatoms. The molecule has 0 spiro atoms. The van der Waals surface area contributed by atoms with Crippen molar-refractivity contribution in [2.24, 2.45) is 0 Å². The van der Waals surface area contributed by atoms with Gasteiger partial charge in [0, 0.05) is 24.2 Å². The van der Waals surface area contributed by atoms with E-state index in [9.17, 15) is 35.9 Å². The van der Waals surface area contributed by atoms with Gasteiger partial charge in [-0.2, -0.15) is 26.3 Å². The number of nitrogens with zero attached hydrogens (tertiary/aromatic N) is 1. The highest BCUT2D eigenvalue weighted by atomic mass is 35.5. The predicted molar refractivity (Wildman–Crippen MR) is 117 cm³/mol. The van der Waals surface area contributed by atoms with Gasteiger partial charge < -0.3 is 10.1 Å². The molecule has 1 unspecified atom stereocenters. The number of benzene rings is 2. The molecule has 1 heterocycles. The van der Waals surface area contributed by atoms with Crippen molar-refractivity contribution in [3.63, 3.8) is 0 Å². The van der Waals surface area contributed by atoms with Crippen molar-refractivity contribution in [1.29, 1.82) is 0 Å². The lowest BCUT2D eigenvalue weighted by atomic mass is 9.92. The second-order valence-corrected chi connectivity index (χ2v) is 8.69. The van der Waals surface area contributed by atoms with E-state index in [0.717, 1.165) is 24.3 Å². The average molecular weight is 564 g/mol. The molecular formula is C21H15Cl3F6N2O3. The second-order valence-electron chi connectivity index (χ2n) is 7.50. The first-order valence-corrected chi connectivity index (χ1v) is 10.9. The molecule has 2 aromatic carbocycles. The molecule has 1 aliphatic rings. The molecule has 1 fully saturated rings. The highest BCUT2D eigenvalue weighted by Crippen LogP contribution is 2.50. The fourth-order valence-corrected chi connectivity index (χ4v) is 4.04. The number of alkyl halides is 6. The van der Waals surface area contributed by atoms with Gasteiger partial charge in [0.2, 0.25) is 5.91 Å². The summed E-state index contributed by atoms with van der Waals surface area (Å²) in [6.07, 6.45) is -11.6. The van der Waals surface area contributed by atoms with E-state index in [1.165, 1.54) is 6.92 Å². The fourth-order valence-electron chi connectivity index (χ4n) is 3.44. The fraction of sp³-hybridized carbons (Fsp3) is 0.333. The van der Waals surface area contributed by atoms with Crippen molar-refractivity contribution in [2.45, 2.75) is 37.8 Å². The standard InChI is InChI=1S/C21H15Cl3F6N2O3/c1-2-16(33)31-8-10-3-4-12(7-13(10)20(25,26)27)32-9-19(21(28,29)30,35-18(32)34)11-5-14(22)17(24)15(23)6-11/h3-7H,2,8-9H2,1H3,(H,31,33). The third-order valence-corrected chi connectivity index (χ3v) is 6.48. The first-order chi connectivity index (χ1) is 16.1. The van der Waals surface area contributed by atoms with E-state index in [-0.39, 0.29) is 27.1 Å². The first-order valence-electron chi connectivity index (χ1n) is 9.79. The summed E-state index contributed by atoms with van der Waals surface area (Å²) in [4.78, 5) is 24.4. The molecule has 0 saturated carbocycles. The molecule has 0 radical (unpaired) electrons. The van der Waals surface area contributed by atoms with Crippen LogP contribution in [0.1, 0.15) is 30.0 Å². The lowest BCUT2D eigenvalue weighted by molar-refractivity contribution is -0.250. The van der Waals surface area contributed by atoms with E-state index in [1.807, 2.05) is 0 Å². The van der Waals surface area contributed by atoms with Gasteiger partial charge in [0.25, 0.3) is 5.60 Å². The maximum atomic E-state index is 14.2. The van der Waals surface area contributed by atoms with Gasteiger partial charge in [-0.25, -0.2) is 4.79 Å². The van der Waals surface area contributed by atoms with Gasteiger partial charge in [-0.15, -0.1) is 0 Å². The Morgan fingerprint density at radius 1 is 1.09 bits per heavy atom. The number of carbonyl (C=O) groups is 2. The number of nitrogens with one attached hydrogen (secondary N) is 1. The molecule has 1 aliphatic heterocycles. The summed E-state index contributed by atoms with van der Waals surface area (Å²) in [5, 5.41) is 1.39. The third-order valence-electron chi connectivity index (χ3n) is 5.28. The van der Waals surface area contributed by atoms with Gasteiger partial charge in [-0.3, -0.25) is 9.69 Å². The zero-order chi connectivity index (χ0) is 26.3. The monoisotopic (exact) mass is 562 g/mol. The SMILES string of the molecule is CCC(=O)NCc1ccc(N2CC(c3cc(Cl)c(Cl)c(Cl)c3)(C(F)(F)F)OC2=O)cc1C(F)(F)F. The van der Waals surface area contributed by atoms with Crippen molar-refractivity contribution in [3.8, 4) is 0 Å². The number of cyclic esters (lactones) is 1. The summed E-state index contributed by atoms with van der Waals surface area (Å²) in [6, 6.07) is 4.15. The molecule has 1 N–H and O–H groups in total. The average Bonchev–Trinajstić information content (AvgIpc) is 3.13. The Morgan fingerprint density at radius 2 is 1.69 bits per heavy atom. The lowest BCUT2D eigenvalue weighted by Crippen LogP contribution is -2.46. The van der Waals surface area contributed by atoms with Gasteiger partial charge in [-0.05, 0) is 29.8 Å². The van der Waals surface area contributed by atoms with Crippen LogP contribution in [0.25, 0.3) is 0 Å². The lowest BCUT2D eigenvalue weighted by Gasteiger charge is -2.30. The molecule has 2 amide bonds. The number of hydrogen-bond donors (Lipinski definition) is 1. The molecular weight excluding hydrogens is 549 g/mol. The van der Waals surface area contributed by atoms with Crippen molar-refractivity contribution in [2.75, 3.05) is 11.4 Å². The molecule has 0 aromatic heterocycles. The zero-order valence-corrected chi connectivity index (χ0v) is 19.8. The first kappa shape index (κ1) is 27.2. The second kappa shape index (κ2) is 9.59. The Balaban J connectivity index is 2.06. The van der Waals surface area contributed by atoms with Gasteiger partial charge in [0.15, 0.2) is 0 Å². The zero-order valence-electron chi connectivity index (χ0n) is 17.6. The minimum atomic E-state index is -5.20. The molecule has 3 rings (SSSR count). The van der Waals surface area contributed by atoms with Crippen LogP contribution in [0.4, 0.5) is 36.8 Å². The van der Waals surface area contributed by atoms with Crippen LogP contribution in [-0.4, -0.2) is 24.7 Å². The predicted octanol–water partition coefficient (Wildman–Crippen LogP) is 7.11. The highest BCUT2D eigenvalue weighted by molar-refractivity contribution is 6.48. The number of ether oxygens (including phenoxy) is 1. The van der Waals surface area contributed by atoms with E-state index >= 15 is 0 Å². The number of halogens is 9. The number of carbonyl (C=O) groups excluding carboxylic acids is 2. The van der Waals surface area contributed by atoms with Gasteiger partial charge >= 0.3 is 18.4 Å². The van der Waals surface area contributed by atoms with E-state index in [4.69, 9.17) is 39.5 Å². The summed E-state index contributed by atoms with van der Waals surface area (Å²) < 4.78 is 88.5. The molecule has 35 heavy (non-hydrogen) atoms. The van der Waals surface area contributed by atoms with Crippen LogP contribution < -0.4 is 10.2 Å². The Hall–Kier alpha value is -2.37. The highest BCUT2D eigenvalue weighted by Gasteiger charge is 2.65. The van der Waals surface area contributed by atoms with Crippen LogP contribution in [0.5, 0.6) is 0 Å². The van der Waals surface area contributed by atoms with Crippen LogP contribution in [0.15, 0.2) is 30.3 Å². The van der Waals surface area contributed by atoms with Gasteiger partial charge in [0.1, 0.15) is 0 Å². The number of rotatable bonds is 5. The molecule has 0 aliphatic carbocycles. The topological polar surface area (TPSA) is 58.6 Å². The van der Waals surface area contributed by atoms with Gasteiger partial charge in [0.05, 0.1) is 27.2 Å². The van der Waals surface area contributed by atoms with E-state index in [0.29, 0.717) is 11.0 Å². The maximum Gasteiger partial charge on any atom is 0.434 e. The van der Waals surface area contributed by atoms with Crippen LogP contribution in [0, 0.1) is 0 Å². The van der Waals surface area contributed by atoms with Crippen molar-refractivity contribution in [3.05, 3.63) is 62.1 Å². The largest absolute Gasteiger partial charge is 0.434 e. The molecule has 190 valence electrons. The quantitative estimate of drug-likeness (QED) is 0.312. The number of anilines is 1. The number of hydrogen-bond acceptors (Lipinski definition) is 3. The summed E-state index contributed by atoms with van der Waals surface area (Å²) in [5.41, 5.74) is -6.01. The van der Waals surface area contributed by atoms with Crippen LogP contribution in [-0.2, 0) is 27.9 Å². The third kappa shape index (κ3) is 5.26. The van der Waals surface area contributed by atoms with Crippen molar-refractivity contribution in [1.82, 2.24) is 5.32 Å². The normalized spacial score (nSPS) is 18.6. The Labute approximate surface area is 209 Å². The Bertz CT molecular complexity index is 1150. The van der Waals surface area contributed by atoms with Crippen LogP contribution in [0.3, 0.4) is 0 Å². The smallest absolute Gasteiger partial charge is 0.426 e. The molecule has 0 bridgehead atoms. The summed E-state index contributed by atoms with van der Waals surface area (Å²) in [7, 11) is 0. The molecule has 1 atom stereocenters. The van der Waals surface area contributed by atoms with E-state index in [1.54, 1.807) is 0 Å². The molecule has 1 saturated heterocycles. The van der Waals surface area contributed by atoms with Crippen molar-refractivity contribution < 1.29 is 40.7 Å². The van der Waals surface area contributed by atoms with Crippen LogP contribution >= 0.6 is 34.8 Å². The van der Waals surface area contributed by atoms with Gasteiger partial charge in [-0.1, -0.05) is 47.8 Å². The van der Waals surface area contributed by atoms with E-state index in [2.05, 4.69) is 5.32 Å². The Morgan fingerprint density at radius 3 is 2.20 bits per heavy atom.